The number of carbonyl (C=O) groups excluding carboxylic acids is 2. The van der Waals surface area contributed by atoms with Crippen molar-refractivity contribution < 1.29 is 9.59 Å². The molecule has 2 aromatic heterocycles. The third kappa shape index (κ3) is 5.75. The smallest absolute Gasteiger partial charge is 0.269 e. The van der Waals surface area contributed by atoms with Crippen molar-refractivity contribution in [3.8, 4) is 0 Å². The summed E-state index contributed by atoms with van der Waals surface area (Å²) in [6.07, 6.45) is 3.32. The summed E-state index contributed by atoms with van der Waals surface area (Å²) in [5.41, 5.74) is -0.127. The molecule has 2 rings (SSSR count). The molecule has 152 valence electrons. The highest BCUT2D eigenvalue weighted by Gasteiger charge is 2.21. The van der Waals surface area contributed by atoms with E-state index in [1.807, 2.05) is 66.0 Å². The number of nitrogens with zero attached hydrogens (tertiary/aromatic N) is 1. The Morgan fingerprint density at radius 2 is 1.82 bits per heavy atom. The van der Waals surface area contributed by atoms with Crippen molar-refractivity contribution in [2.24, 2.45) is 5.41 Å². The van der Waals surface area contributed by atoms with Crippen molar-refractivity contribution in [2.75, 3.05) is 0 Å². The van der Waals surface area contributed by atoms with Crippen LogP contribution in [-0.4, -0.2) is 21.8 Å². The molecule has 0 saturated heterocycles. The summed E-state index contributed by atoms with van der Waals surface area (Å²) >= 11 is 2.80. The van der Waals surface area contributed by atoms with Crippen molar-refractivity contribution in [1.29, 1.82) is 0 Å². The SMILES string of the molecule is Cc1ccsc1/C=c1\s/c(=C\C(=O)C(C)(C)C)n(CC(=O)NC(C)(C)C)c1=O. The van der Waals surface area contributed by atoms with Crippen LogP contribution in [0.5, 0.6) is 0 Å². The highest BCUT2D eigenvalue weighted by atomic mass is 32.1. The molecule has 0 saturated carbocycles. The van der Waals surface area contributed by atoms with Gasteiger partial charge in [-0.3, -0.25) is 19.0 Å². The minimum atomic E-state index is -0.563. The summed E-state index contributed by atoms with van der Waals surface area (Å²) in [7, 11) is 0. The van der Waals surface area contributed by atoms with E-state index in [1.54, 1.807) is 11.3 Å². The molecule has 0 fully saturated rings. The molecular formula is C21H28N2O3S2. The summed E-state index contributed by atoms with van der Waals surface area (Å²) in [4.78, 5) is 38.9. The molecule has 0 aliphatic rings. The van der Waals surface area contributed by atoms with Crippen molar-refractivity contribution in [2.45, 2.75) is 60.5 Å². The van der Waals surface area contributed by atoms with Gasteiger partial charge in [-0.1, -0.05) is 20.8 Å². The highest BCUT2D eigenvalue weighted by molar-refractivity contribution is 7.11. The van der Waals surface area contributed by atoms with Gasteiger partial charge in [0.2, 0.25) is 5.91 Å². The molecule has 0 aliphatic heterocycles. The van der Waals surface area contributed by atoms with Crippen molar-refractivity contribution in [1.82, 2.24) is 9.88 Å². The average Bonchev–Trinajstić information content (AvgIpc) is 3.04. The molecule has 1 amide bonds. The van der Waals surface area contributed by atoms with Crippen LogP contribution in [0.3, 0.4) is 0 Å². The predicted octanol–water partition coefficient (Wildman–Crippen LogP) is 2.42. The van der Waals surface area contributed by atoms with Crippen LogP contribution in [0, 0.1) is 12.3 Å². The zero-order valence-corrected chi connectivity index (χ0v) is 19.1. The van der Waals surface area contributed by atoms with Gasteiger partial charge in [-0.15, -0.1) is 22.7 Å². The van der Waals surface area contributed by atoms with Gasteiger partial charge in [0.25, 0.3) is 5.56 Å². The van der Waals surface area contributed by atoms with Crippen molar-refractivity contribution >= 4 is 46.5 Å². The second-order valence-corrected chi connectivity index (χ2v) is 10.9. The maximum absolute atomic E-state index is 13.0. The number of aromatic nitrogens is 1. The Labute approximate surface area is 173 Å². The van der Waals surface area contributed by atoms with Gasteiger partial charge in [-0.2, -0.15) is 0 Å². The second kappa shape index (κ2) is 8.17. The molecule has 5 nitrogen and oxygen atoms in total. The third-order valence-electron chi connectivity index (χ3n) is 3.91. The van der Waals surface area contributed by atoms with Crippen LogP contribution in [0.25, 0.3) is 12.2 Å². The van der Waals surface area contributed by atoms with Gasteiger partial charge < -0.3 is 5.32 Å². The van der Waals surface area contributed by atoms with E-state index < -0.39 is 11.0 Å². The molecule has 0 unspecified atom stereocenters. The summed E-state index contributed by atoms with van der Waals surface area (Å²) in [6.45, 7) is 13.0. The number of carbonyl (C=O) groups is 2. The number of thiophene rings is 1. The third-order valence-corrected chi connectivity index (χ3v) is 5.94. The van der Waals surface area contributed by atoms with Crippen LogP contribution < -0.4 is 20.1 Å². The topological polar surface area (TPSA) is 68.2 Å². The summed E-state index contributed by atoms with van der Waals surface area (Å²) in [6, 6.07) is 2.00. The molecule has 28 heavy (non-hydrogen) atoms. The van der Waals surface area contributed by atoms with Gasteiger partial charge >= 0.3 is 0 Å². The van der Waals surface area contributed by atoms with Crippen LogP contribution in [0.15, 0.2) is 16.2 Å². The second-order valence-electron chi connectivity index (χ2n) is 8.86. The van der Waals surface area contributed by atoms with Gasteiger partial charge in [-0.05, 0) is 50.8 Å². The van der Waals surface area contributed by atoms with E-state index in [9.17, 15) is 14.4 Å². The monoisotopic (exact) mass is 420 g/mol. The molecule has 0 radical (unpaired) electrons. The lowest BCUT2D eigenvalue weighted by Gasteiger charge is -2.20. The van der Waals surface area contributed by atoms with E-state index in [2.05, 4.69) is 5.32 Å². The number of rotatable bonds is 4. The normalized spacial score (nSPS) is 13.8. The first-order valence-corrected chi connectivity index (χ1v) is 10.8. The van der Waals surface area contributed by atoms with Crippen molar-refractivity contribution in [3.63, 3.8) is 0 Å². The number of hydrogen-bond acceptors (Lipinski definition) is 5. The molecule has 2 heterocycles. The number of amides is 1. The van der Waals surface area contributed by atoms with Crippen LogP contribution in [0.1, 0.15) is 52.0 Å². The number of aryl methyl sites for hydroxylation is 1. The molecule has 0 atom stereocenters. The number of nitrogens with one attached hydrogen (secondary N) is 1. The maximum Gasteiger partial charge on any atom is 0.269 e. The number of ketones is 1. The lowest BCUT2D eigenvalue weighted by atomic mass is 9.91. The fourth-order valence-corrected chi connectivity index (χ4v) is 4.33. The van der Waals surface area contributed by atoms with E-state index >= 15 is 0 Å². The fraction of sp³-hybridized carbons (Fsp3) is 0.476. The fourth-order valence-electron chi connectivity index (χ4n) is 2.37. The molecule has 1 N–H and O–H groups in total. The van der Waals surface area contributed by atoms with Crippen molar-refractivity contribution in [3.05, 3.63) is 41.4 Å². The first kappa shape index (κ1) is 22.3. The summed E-state index contributed by atoms with van der Waals surface area (Å²) in [5.74, 6) is -0.346. The minimum absolute atomic E-state index is 0.0856. The Bertz CT molecular complexity index is 1060. The van der Waals surface area contributed by atoms with Crippen LogP contribution in [0.4, 0.5) is 0 Å². The largest absolute Gasteiger partial charge is 0.350 e. The average molecular weight is 421 g/mol. The first-order chi connectivity index (χ1) is 12.8. The lowest BCUT2D eigenvalue weighted by molar-refractivity contribution is -0.123. The first-order valence-electron chi connectivity index (χ1n) is 9.10. The number of Topliss-reactive ketones (excluding diaryl/α,β-unsaturated/α-hetero) is 1. The molecule has 0 aliphatic carbocycles. The van der Waals surface area contributed by atoms with Gasteiger partial charge in [0.05, 0.1) is 4.53 Å². The molecule has 0 aromatic carbocycles. The Balaban J connectivity index is 2.61. The molecule has 7 heteroatoms. The Morgan fingerprint density at radius 1 is 1.18 bits per heavy atom. The van der Waals surface area contributed by atoms with Gasteiger partial charge in [-0.25, -0.2) is 0 Å². The van der Waals surface area contributed by atoms with E-state index in [1.165, 1.54) is 22.0 Å². The number of hydrogen-bond donors (Lipinski definition) is 1. The van der Waals surface area contributed by atoms with Crippen LogP contribution >= 0.6 is 22.7 Å². The quantitative estimate of drug-likeness (QED) is 0.826. The standard InChI is InChI=1S/C21H28N2O3S2/c1-13-8-9-27-14(13)10-15-19(26)23(12-17(25)22-21(5,6)7)18(28-15)11-16(24)20(2,3)4/h8-11H,12H2,1-7H3,(H,22,25)/b15-10-,18-11-. The Kier molecular flexibility index (Phi) is 6.51. The van der Waals surface area contributed by atoms with E-state index in [0.717, 1.165) is 10.4 Å². The summed E-state index contributed by atoms with van der Waals surface area (Å²) in [5, 5.41) is 4.84. The van der Waals surface area contributed by atoms with Gasteiger partial charge in [0, 0.05) is 21.9 Å². The van der Waals surface area contributed by atoms with Gasteiger partial charge in [0.1, 0.15) is 11.2 Å². The molecular weight excluding hydrogens is 392 g/mol. The van der Waals surface area contributed by atoms with Crippen LogP contribution in [0.2, 0.25) is 0 Å². The number of thiazole rings is 1. The van der Waals surface area contributed by atoms with E-state index in [0.29, 0.717) is 9.20 Å². The molecule has 2 aromatic rings. The lowest BCUT2D eigenvalue weighted by Crippen LogP contribution is -2.45. The Hall–Kier alpha value is -1.99. The summed E-state index contributed by atoms with van der Waals surface area (Å²) < 4.78 is 2.40. The molecule has 0 bridgehead atoms. The predicted molar refractivity (Wildman–Crippen MR) is 117 cm³/mol. The zero-order chi connectivity index (χ0) is 21.3. The Morgan fingerprint density at radius 3 is 2.32 bits per heavy atom. The molecule has 0 spiro atoms. The van der Waals surface area contributed by atoms with Gasteiger partial charge in [0.15, 0.2) is 5.78 Å². The van der Waals surface area contributed by atoms with E-state index in [4.69, 9.17) is 0 Å². The highest BCUT2D eigenvalue weighted by Crippen LogP contribution is 2.16. The van der Waals surface area contributed by atoms with Crippen LogP contribution in [-0.2, 0) is 16.1 Å². The minimum Gasteiger partial charge on any atom is -0.350 e. The van der Waals surface area contributed by atoms with E-state index in [-0.39, 0.29) is 23.8 Å². The maximum atomic E-state index is 13.0. The zero-order valence-electron chi connectivity index (χ0n) is 17.5.